The van der Waals surface area contributed by atoms with Crippen LogP contribution in [-0.4, -0.2) is 25.4 Å². The molecule has 1 aliphatic carbocycles. The quantitative estimate of drug-likeness (QED) is 0.310. The zero-order chi connectivity index (χ0) is 20.6. The van der Waals surface area contributed by atoms with Crippen LogP contribution in [-0.2, 0) is 4.74 Å². The molecule has 1 aromatic carbocycles. The highest BCUT2D eigenvalue weighted by molar-refractivity contribution is 5.35. The Hall–Kier alpha value is -1.50. The number of benzene rings is 1. The maximum Gasteiger partial charge on any atom is 0.422 e. The van der Waals surface area contributed by atoms with Gasteiger partial charge in [0.15, 0.2) is 18.1 Å². The Morgan fingerprint density at radius 3 is 2.25 bits per heavy atom. The lowest BCUT2D eigenvalue weighted by Crippen LogP contribution is -2.34. The molecule has 0 spiro atoms. The van der Waals surface area contributed by atoms with Crippen LogP contribution < -0.4 is 9.47 Å². The van der Waals surface area contributed by atoms with E-state index in [-0.39, 0.29) is 18.5 Å². The lowest BCUT2D eigenvalue weighted by molar-refractivity contribution is -0.223. The first-order valence-electron chi connectivity index (χ1n) is 10.2. The monoisotopic (exact) mass is 406 g/mol. The highest BCUT2D eigenvalue weighted by atomic mass is 19.3. The average Bonchev–Trinajstić information content (AvgIpc) is 2.67. The smallest absolute Gasteiger partial charge is 0.422 e. The molecule has 1 saturated carbocycles. The normalized spacial score (nSPS) is 20.2. The molecule has 0 bridgehead atoms. The largest absolute Gasteiger partial charge is 0.491 e. The molecule has 1 aromatic rings. The van der Waals surface area contributed by atoms with E-state index < -0.39 is 30.1 Å². The van der Waals surface area contributed by atoms with Gasteiger partial charge in [-0.05, 0) is 50.7 Å². The van der Waals surface area contributed by atoms with E-state index in [4.69, 9.17) is 9.47 Å². The molecule has 0 unspecified atom stereocenters. The lowest BCUT2D eigenvalue weighted by atomic mass is 9.84. The predicted octanol–water partition coefficient (Wildman–Crippen LogP) is 6.49. The molecular formula is C21H30F4O3. The first-order chi connectivity index (χ1) is 13.4. The van der Waals surface area contributed by atoms with E-state index in [1.165, 1.54) is 25.7 Å². The summed E-state index contributed by atoms with van der Waals surface area (Å²) in [5.74, 6) is -3.42. The van der Waals surface area contributed by atoms with Crippen LogP contribution in [0.3, 0.4) is 0 Å². The van der Waals surface area contributed by atoms with Gasteiger partial charge in [-0.15, -0.1) is 0 Å². The van der Waals surface area contributed by atoms with Gasteiger partial charge in [-0.1, -0.05) is 32.6 Å². The molecule has 1 fully saturated rings. The van der Waals surface area contributed by atoms with E-state index in [1.54, 1.807) is 6.92 Å². The van der Waals surface area contributed by atoms with Crippen molar-refractivity contribution >= 4 is 0 Å². The summed E-state index contributed by atoms with van der Waals surface area (Å²) in [6.45, 7) is 2.90. The molecule has 160 valence electrons. The third-order valence-electron chi connectivity index (χ3n) is 5.07. The molecule has 3 nitrogen and oxygen atoms in total. The molecule has 0 heterocycles. The molecule has 0 amide bonds. The molecule has 7 heteroatoms. The molecule has 0 radical (unpaired) electrons. The minimum absolute atomic E-state index is 0.126. The summed E-state index contributed by atoms with van der Waals surface area (Å²) >= 11 is 0. The predicted molar refractivity (Wildman–Crippen MR) is 98.9 cm³/mol. The number of hydrogen-bond acceptors (Lipinski definition) is 3. The van der Waals surface area contributed by atoms with Crippen LogP contribution in [0.15, 0.2) is 12.1 Å². The van der Waals surface area contributed by atoms with E-state index in [2.05, 4.69) is 11.7 Å². The van der Waals surface area contributed by atoms with E-state index >= 15 is 0 Å². The Morgan fingerprint density at radius 1 is 0.964 bits per heavy atom. The molecule has 0 aliphatic heterocycles. The first-order valence-corrected chi connectivity index (χ1v) is 10.2. The summed E-state index contributed by atoms with van der Waals surface area (Å²) in [5.41, 5.74) is 0. The second-order valence-corrected chi connectivity index (χ2v) is 7.31. The first kappa shape index (κ1) is 22.8. The van der Waals surface area contributed by atoms with Crippen LogP contribution in [0.2, 0.25) is 0 Å². The van der Waals surface area contributed by atoms with Gasteiger partial charge < -0.3 is 14.2 Å². The van der Waals surface area contributed by atoms with E-state index in [9.17, 15) is 17.6 Å². The van der Waals surface area contributed by atoms with Gasteiger partial charge in [0, 0.05) is 0 Å². The zero-order valence-electron chi connectivity index (χ0n) is 16.6. The van der Waals surface area contributed by atoms with Crippen LogP contribution in [0.5, 0.6) is 11.5 Å². The number of hydrogen-bond donors (Lipinski definition) is 0. The minimum Gasteiger partial charge on any atom is -0.491 e. The highest BCUT2D eigenvalue weighted by Crippen LogP contribution is 2.33. The number of rotatable bonds is 11. The molecular weight excluding hydrogens is 376 g/mol. The van der Waals surface area contributed by atoms with Gasteiger partial charge in [0.05, 0.1) is 12.7 Å². The standard InChI is InChI=1S/C21H30F4O3/c1-3-5-6-7-15-8-10-16(11-9-15)27-14-21(24,25)28-18-13-12-17(26-4-2)19(22)20(18)23/h12-13,15-16H,3-11,14H2,1-2H3. The Kier molecular flexibility index (Phi) is 8.86. The number of ether oxygens (including phenoxy) is 3. The van der Waals surface area contributed by atoms with Crippen molar-refractivity contribution in [3.05, 3.63) is 23.8 Å². The lowest BCUT2D eigenvalue weighted by Gasteiger charge is -2.29. The van der Waals surface area contributed by atoms with Crippen LogP contribution in [0, 0.1) is 17.6 Å². The Bertz CT molecular complexity index is 602. The SMILES string of the molecule is CCCCCC1CCC(OCC(F)(F)Oc2ccc(OCC)c(F)c2F)CC1. The van der Waals surface area contributed by atoms with Crippen LogP contribution >= 0.6 is 0 Å². The maximum absolute atomic E-state index is 14.0. The highest BCUT2D eigenvalue weighted by Gasteiger charge is 2.36. The molecule has 0 aromatic heterocycles. The summed E-state index contributed by atoms with van der Waals surface area (Å²) in [6, 6.07) is 1.99. The number of halogens is 4. The van der Waals surface area contributed by atoms with Gasteiger partial charge in [0.2, 0.25) is 11.6 Å². The van der Waals surface area contributed by atoms with Crippen molar-refractivity contribution in [2.45, 2.75) is 77.4 Å². The Labute approximate surface area is 164 Å². The van der Waals surface area contributed by atoms with Gasteiger partial charge >= 0.3 is 6.11 Å². The second kappa shape index (κ2) is 10.9. The van der Waals surface area contributed by atoms with Crippen molar-refractivity contribution in [3.8, 4) is 11.5 Å². The van der Waals surface area contributed by atoms with Crippen molar-refractivity contribution in [2.75, 3.05) is 13.2 Å². The molecule has 0 saturated heterocycles. The van der Waals surface area contributed by atoms with E-state index in [0.717, 1.165) is 37.8 Å². The average molecular weight is 406 g/mol. The molecule has 1 aliphatic rings. The van der Waals surface area contributed by atoms with Gasteiger partial charge in [-0.2, -0.15) is 17.6 Å². The van der Waals surface area contributed by atoms with Crippen molar-refractivity contribution in [1.82, 2.24) is 0 Å². The van der Waals surface area contributed by atoms with Crippen molar-refractivity contribution < 1.29 is 31.8 Å². The summed E-state index contributed by atoms with van der Waals surface area (Å²) in [7, 11) is 0. The Morgan fingerprint density at radius 2 is 1.61 bits per heavy atom. The molecule has 28 heavy (non-hydrogen) atoms. The fourth-order valence-corrected chi connectivity index (χ4v) is 3.54. The van der Waals surface area contributed by atoms with Crippen LogP contribution in [0.25, 0.3) is 0 Å². The van der Waals surface area contributed by atoms with Crippen LogP contribution in [0.4, 0.5) is 17.6 Å². The van der Waals surface area contributed by atoms with Crippen molar-refractivity contribution in [1.29, 1.82) is 0 Å². The Balaban J connectivity index is 1.81. The zero-order valence-corrected chi connectivity index (χ0v) is 16.6. The summed E-state index contributed by atoms with van der Waals surface area (Å²) in [6.07, 6.45) is 4.22. The summed E-state index contributed by atoms with van der Waals surface area (Å²) in [4.78, 5) is 0. The number of unbranched alkanes of at least 4 members (excludes halogenated alkanes) is 2. The molecule has 2 rings (SSSR count). The van der Waals surface area contributed by atoms with Gasteiger partial charge in [-0.25, -0.2) is 0 Å². The fraction of sp³-hybridized carbons (Fsp3) is 0.714. The third-order valence-corrected chi connectivity index (χ3v) is 5.07. The van der Waals surface area contributed by atoms with Crippen molar-refractivity contribution in [3.63, 3.8) is 0 Å². The van der Waals surface area contributed by atoms with Gasteiger partial charge in [0.25, 0.3) is 0 Å². The second-order valence-electron chi connectivity index (χ2n) is 7.31. The topological polar surface area (TPSA) is 27.7 Å². The fourth-order valence-electron chi connectivity index (χ4n) is 3.54. The maximum atomic E-state index is 14.0. The molecule has 0 N–H and O–H groups in total. The number of alkyl halides is 2. The third kappa shape index (κ3) is 6.83. The van der Waals surface area contributed by atoms with Crippen LogP contribution in [0.1, 0.15) is 65.2 Å². The minimum atomic E-state index is -3.75. The van der Waals surface area contributed by atoms with Gasteiger partial charge in [-0.3, -0.25) is 0 Å². The molecule has 0 atom stereocenters. The summed E-state index contributed by atoms with van der Waals surface area (Å²) < 4.78 is 70.4. The van der Waals surface area contributed by atoms with Crippen molar-refractivity contribution in [2.24, 2.45) is 5.92 Å². The van der Waals surface area contributed by atoms with E-state index in [1.807, 2.05) is 0 Å². The van der Waals surface area contributed by atoms with Gasteiger partial charge in [0.1, 0.15) is 0 Å². The summed E-state index contributed by atoms with van der Waals surface area (Å²) in [5, 5.41) is 0. The van der Waals surface area contributed by atoms with E-state index in [0.29, 0.717) is 5.92 Å².